The highest BCUT2D eigenvalue weighted by atomic mass is 35.5. The molecule has 0 aliphatic carbocycles. The van der Waals surface area contributed by atoms with Crippen LogP contribution in [0, 0.1) is 6.92 Å². The molecule has 0 bridgehead atoms. The van der Waals surface area contributed by atoms with E-state index >= 15 is 0 Å². The zero-order valence-corrected chi connectivity index (χ0v) is 22.1. The summed E-state index contributed by atoms with van der Waals surface area (Å²) in [6.07, 6.45) is 0.902. The van der Waals surface area contributed by atoms with Gasteiger partial charge in [0, 0.05) is 27.1 Å². The van der Waals surface area contributed by atoms with Crippen LogP contribution in [0.15, 0.2) is 72.8 Å². The quantitative estimate of drug-likeness (QED) is 0.217. The van der Waals surface area contributed by atoms with Crippen molar-refractivity contribution in [3.63, 3.8) is 0 Å². The molecule has 0 amide bonds. The van der Waals surface area contributed by atoms with E-state index in [1.807, 2.05) is 48.0 Å². The average molecular weight is 540 g/mol. The van der Waals surface area contributed by atoms with Gasteiger partial charge in [0.05, 0.1) is 16.4 Å². The molecule has 2 aromatic heterocycles. The minimum Gasteiger partial charge on any atom is -0.231 e. The van der Waals surface area contributed by atoms with Crippen LogP contribution in [-0.2, 0) is 6.42 Å². The van der Waals surface area contributed by atoms with Gasteiger partial charge in [0.1, 0.15) is 10.7 Å². The number of hydrogen-bond acceptors (Lipinski definition) is 4. The molecule has 0 saturated heterocycles. The number of rotatable bonds is 6. The van der Waals surface area contributed by atoms with E-state index in [2.05, 4.69) is 41.4 Å². The first kappa shape index (κ1) is 24.0. The summed E-state index contributed by atoms with van der Waals surface area (Å²) in [6.45, 7) is 4.22. The monoisotopic (exact) mass is 538 g/mol. The Hall–Kier alpha value is -2.70. The summed E-state index contributed by atoms with van der Waals surface area (Å²) in [5.41, 5.74) is 5.65. The van der Waals surface area contributed by atoms with E-state index < -0.39 is 0 Å². The third-order valence-electron chi connectivity index (χ3n) is 5.83. The summed E-state index contributed by atoms with van der Waals surface area (Å²) in [5, 5.41) is 17.5. The topological polar surface area (TPSA) is 43.6 Å². The molecule has 4 nitrogen and oxygen atoms in total. The average Bonchev–Trinajstić information content (AvgIpc) is 3.45. The highest BCUT2D eigenvalue weighted by molar-refractivity contribution is 7.14. The zero-order chi connectivity index (χ0) is 24.5. The lowest BCUT2D eigenvalue weighted by atomic mass is 10.0. The van der Waals surface area contributed by atoms with E-state index in [9.17, 15) is 0 Å². The maximum Gasteiger partial charge on any atom is 0.168 e. The normalized spacial score (nSPS) is 12.1. The van der Waals surface area contributed by atoms with Crippen molar-refractivity contribution in [3.8, 4) is 27.6 Å². The van der Waals surface area contributed by atoms with Gasteiger partial charge in [-0.2, -0.15) is 5.10 Å². The summed E-state index contributed by atoms with van der Waals surface area (Å²) in [5.74, 6) is 0.243. The minimum absolute atomic E-state index is 0.243. The third kappa shape index (κ3) is 5.00. The number of hydrogen-bond donors (Lipinski definition) is 0. The van der Waals surface area contributed by atoms with Gasteiger partial charge < -0.3 is 0 Å². The van der Waals surface area contributed by atoms with Gasteiger partial charge in [0.2, 0.25) is 0 Å². The van der Waals surface area contributed by atoms with Crippen LogP contribution < -0.4 is 0 Å². The van der Waals surface area contributed by atoms with Crippen LogP contribution in [0.2, 0.25) is 15.1 Å². The fourth-order valence-electron chi connectivity index (χ4n) is 4.06. The first-order chi connectivity index (χ1) is 16.9. The number of benzene rings is 3. The third-order valence-corrected chi connectivity index (χ3v) is 7.78. The summed E-state index contributed by atoms with van der Waals surface area (Å²) in [6, 6.07) is 23.5. The SMILES string of the molecule is Cc1c(-c2nnc(C(C)Cc3ccccc3)s2)nn(-c2ccc(Cl)cc2Cl)c1-c1ccc(Cl)cc1. The molecular formula is C27H21Cl3N4S. The van der Waals surface area contributed by atoms with Gasteiger partial charge in [-0.05, 0) is 49.2 Å². The first-order valence-electron chi connectivity index (χ1n) is 11.1. The molecule has 3 aromatic carbocycles. The molecule has 0 aliphatic heterocycles. The van der Waals surface area contributed by atoms with Gasteiger partial charge in [-0.15, -0.1) is 10.2 Å². The van der Waals surface area contributed by atoms with Gasteiger partial charge in [-0.3, -0.25) is 0 Å². The largest absolute Gasteiger partial charge is 0.231 e. The smallest absolute Gasteiger partial charge is 0.168 e. The van der Waals surface area contributed by atoms with Crippen molar-refractivity contribution >= 4 is 46.1 Å². The second-order valence-corrected chi connectivity index (χ2v) is 10.7. The lowest BCUT2D eigenvalue weighted by Gasteiger charge is -2.11. The van der Waals surface area contributed by atoms with E-state index in [4.69, 9.17) is 39.9 Å². The minimum atomic E-state index is 0.243. The molecule has 0 spiro atoms. The molecule has 1 unspecified atom stereocenters. The Kier molecular flexibility index (Phi) is 6.94. The zero-order valence-electron chi connectivity index (χ0n) is 19.0. The van der Waals surface area contributed by atoms with Crippen molar-refractivity contribution in [3.05, 3.63) is 104 Å². The first-order valence-corrected chi connectivity index (χ1v) is 13.0. The summed E-state index contributed by atoms with van der Waals surface area (Å²) in [4.78, 5) is 0. The molecule has 0 saturated carbocycles. The second-order valence-electron chi connectivity index (χ2n) is 8.37. The van der Waals surface area contributed by atoms with Crippen LogP contribution in [0.5, 0.6) is 0 Å². The molecule has 0 N–H and O–H groups in total. The lowest BCUT2D eigenvalue weighted by Crippen LogP contribution is -2.00. The molecule has 5 aromatic rings. The van der Waals surface area contributed by atoms with Crippen molar-refractivity contribution in [1.82, 2.24) is 20.0 Å². The number of halogens is 3. The van der Waals surface area contributed by atoms with Crippen LogP contribution >= 0.6 is 46.1 Å². The Balaban J connectivity index is 1.58. The maximum atomic E-state index is 6.59. The van der Waals surface area contributed by atoms with Crippen LogP contribution in [0.4, 0.5) is 0 Å². The van der Waals surface area contributed by atoms with E-state index in [-0.39, 0.29) is 5.92 Å². The Labute approximate surface area is 223 Å². The van der Waals surface area contributed by atoms with Gasteiger partial charge in [0.25, 0.3) is 0 Å². The highest BCUT2D eigenvalue weighted by Crippen LogP contribution is 2.38. The van der Waals surface area contributed by atoms with Gasteiger partial charge in [-0.25, -0.2) is 4.68 Å². The lowest BCUT2D eigenvalue weighted by molar-refractivity contribution is 0.737. The Morgan fingerprint density at radius 2 is 1.60 bits per heavy atom. The predicted molar refractivity (Wildman–Crippen MR) is 146 cm³/mol. The van der Waals surface area contributed by atoms with Crippen molar-refractivity contribution < 1.29 is 0 Å². The molecule has 0 aliphatic rings. The molecule has 0 radical (unpaired) electrons. The van der Waals surface area contributed by atoms with Crippen molar-refractivity contribution in [2.24, 2.45) is 0 Å². The molecule has 8 heteroatoms. The molecular weight excluding hydrogens is 519 g/mol. The molecule has 35 heavy (non-hydrogen) atoms. The van der Waals surface area contributed by atoms with Gasteiger partial charge in [0.15, 0.2) is 5.01 Å². The van der Waals surface area contributed by atoms with Crippen LogP contribution in [0.25, 0.3) is 27.6 Å². The van der Waals surface area contributed by atoms with Crippen LogP contribution in [-0.4, -0.2) is 20.0 Å². The number of nitrogens with zero attached hydrogens (tertiary/aromatic N) is 4. The Morgan fingerprint density at radius 3 is 2.31 bits per heavy atom. The second kappa shape index (κ2) is 10.1. The maximum absolute atomic E-state index is 6.59. The van der Waals surface area contributed by atoms with Gasteiger partial charge in [-0.1, -0.05) is 95.5 Å². The molecule has 176 valence electrons. The van der Waals surface area contributed by atoms with Crippen molar-refractivity contribution in [1.29, 1.82) is 0 Å². The Bertz CT molecular complexity index is 1480. The van der Waals surface area contributed by atoms with E-state index in [0.717, 1.165) is 44.6 Å². The fourth-order valence-corrected chi connectivity index (χ4v) is 5.61. The Morgan fingerprint density at radius 1 is 0.886 bits per heavy atom. The summed E-state index contributed by atoms with van der Waals surface area (Å²) in [7, 11) is 0. The summed E-state index contributed by atoms with van der Waals surface area (Å²) >= 11 is 20.5. The highest BCUT2D eigenvalue weighted by Gasteiger charge is 2.23. The summed E-state index contributed by atoms with van der Waals surface area (Å²) < 4.78 is 1.85. The van der Waals surface area contributed by atoms with Crippen molar-refractivity contribution in [2.75, 3.05) is 0 Å². The standard InChI is InChI=1S/C27H21Cl3N4S/c1-16(14-18-6-4-3-5-7-18)26-31-32-27(35-26)24-17(2)25(19-8-10-20(28)11-9-19)34(33-24)23-13-12-21(29)15-22(23)30/h3-13,15-16H,14H2,1-2H3. The molecule has 1 atom stereocenters. The van der Waals surface area contributed by atoms with Crippen LogP contribution in [0.1, 0.15) is 29.0 Å². The van der Waals surface area contributed by atoms with E-state index in [1.165, 1.54) is 5.56 Å². The molecule has 2 heterocycles. The molecule has 5 rings (SSSR count). The number of aromatic nitrogens is 4. The predicted octanol–water partition coefficient (Wildman–Crippen LogP) is 8.67. The van der Waals surface area contributed by atoms with Gasteiger partial charge >= 0.3 is 0 Å². The molecule has 0 fully saturated rings. The van der Waals surface area contributed by atoms with E-state index in [0.29, 0.717) is 15.1 Å². The van der Waals surface area contributed by atoms with Crippen molar-refractivity contribution in [2.45, 2.75) is 26.2 Å². The fraction of sp³-hybridized carbons (Fsp3) is 0.148. The van der Waals surface area contributed by atoms with E-state index in [1.54, 1.807) is 23.5 Å². The van der Waals surface area contributed by atoms with Crippen LogP contribution in [0.3, 0.4) is 0 Å².